The van der Waals surface area contributed by atoms with Gasteiger partial charge < -0.3 is 15.7 Å². The molecule has 0 aliphatic rings. The van der Waals surface area contributed by atoms with Crippen molar-refractivity contribution in [2.45, 2.75) is 6.18 Å². The zero-order valence-electron chi connectivity index (χ0n) is 14.3. The Balaban J connectivity index is 1.97. The van der Waals surface area contributed by atoms with Gasteiger partial charge in [-0.05, 0) is 30.3 Å². The molecule has 10 heteroatoms. The summed E-state index contributed by atoms with van der Waals surface area (Å²) in [6.45, 7) is 0.0797. The van der Waals surface area contributed by atoms with Gasteiger partial charge in [-0.3, -0.25) is 4.98 Å². The second kappa shape index (κ2) is 8.41. The van der Waals surface area contributed by atoms with E-state index in [0.717, 1.165) is 6.07 Å². The molecule has 0 bridgehead atoms. The number of nitrogens with one attached hydrogen (secondary N) is 2. The van der Waals surface area contributed by atoms with E-state index in [4.69, 9.17) is 16.7 Å². The molecule has 28 heavy (non-hydrogen) atoms. The molecule has 0 fully saturated rings. The molecule has 0 saturated heterocycles. The fraction of sp³-hybridized carbons (Fsp3) is 0.167. The first-order valence-corrected chi connectivity index (χ1v) is 8.53. The van der Waals surface area contributed by atoms with Crippen LogP contribution in [0.5, 0.6) is 0 Å². The normalized spacial score (nSPS) is 11.3. The van der Waals surface area contributed by atoms with Gasteiger partial charge in [-0.25, -0.2) is 4.98 Å². The lowest BCUT2D eigenvalue weighted by atomic mass is 10.2. The molecule has 0 saturated carbocycles. The maximum Gasteiger partial charge on any atom is 0.417 e. The van der Waals surface area contributed by atoms with Gasteiger partial charge in [0, 0.05) is 24.5 Å². The van der Waals surface area contributed by atoms with E-state index < -0.39 is 11.7 Å². The van der Waals surface area contributed by atoms with Gasteiger partial charge >= 0.3 is 6.18 Å². The third-order valence-electron chi connectivity index (χ3n) is 3.59. The molecule has 3 rings (SSSR count). The van der Waals surface area contributed by atoms with Crippen molar-refractivity contribution in [3.8, 4) is 11.4 Å². The second-order valence-corrected chi connectivity index (χ2v) is 6.05. The summed E-state index contributed by atoms with van der Waals surface area (Å²) in [7, 11) is 0. The molecule has 0 amide bonds. The number of nitrogens with zero attached hydrogens (tertiary/aromatic N) is 3. The van der Waals surface area contributed by atoms with Crippen LogP contribution in [0.25, 0.3) is 11.4 Å². The number of aliphatic hydroxyl groups excluding tert-OH is 1. The maximum atomic E-state index is 13.1. The van der Waals surface area contributed by atoms with Crippen LogP contribution in [-0.4, -0.2) is 33.2 Å². The van der Waals surface area contributed by atoms with Crippen LogP contribution in [0.3, 0.4) is 0 Å². The molecule has 0 radical (unpaired) electrons. The first kappa shape index (κ1) is 19.8. The van der Waals surface area contributed by atoms with Crippen molar-refractivity contribution in [2.24, 2.45) is 0 Å². The van der Waals surface area contributed by atoms with Gasteiger partial charge in [0.2, 0.25) is 5.95 Å². The molecule has 1 aromatic carbocycles. The van der Waals surface area contributed by atoms with Crippen LogP contribution in [0.15, 0.2) is 48.7 Å². The van der Waals surface area contributed by atoms with Crippen molar-refractivity contribution in [2.75, 3.05) is 23.8 Å². The number of hydrogen-bond acceptors (Lipinski definition) is 6. The Bertz CT molecular complexity index is 954. The molecule has 0 aliphatic heterocycles. The highest BCUT2D eigenvalue weighted by Gasteiger charge is 2.33. The first-order chi connectivity index (χ1) is 13.4. The Morgan fingerprint density at radius 2 is 1.86 bits per heavy atom. The third kappa shape index (κ3) is 4.87. The van der Waals surface area contributed by atoms with Gasteiger partial charge in [-0.2, -0.15) is 18.2 Å². The van der Waals surface area contributed by atoms with Crippen molar-refractivity contribution in [1.82, 2.24) is 15.0 Å². The SMILES string of the molecule is OCCNc1nc(Nc2ccc(Cl)c(C(F)(F)F)c2)cc(-c2ccccn2)n1. The molecule has 6 nitrogen and oxygen atoms in total. The predicted octanol–water partition coefficient (Wildman–Crippen LogP) is 4.36. The van der Waals surface area contributed by atoms with Crippen molar-refractivity contribution < 1.29 is 18.3 Å². The average molecular weight is 410 g/mol. The quantitative estimate of drug-likeness (QED) is 0.561. The number of hydrogen-bond donors (Lipinski definition) is 3. The van der Waals surface area contributed by atoms with Crippen LogP contribution in [-0.2, 0) is 6.18 Å². The maximum absolute atomic E-state index is 13.1. The van der Waals surface area contributed by atoms with Crippen molar-refractivity contribution in [3.63, 3.8) is 0 Å². The van der Waals surface area contributed by atoms with E-state index in [2.05, 4.69) is 25.6 Å². The molecule has 0 aliphatic carbocycles. The van der Waals surface area contributed by atoms with Crippen molar-refractivity contribution >= 4 is 29.1 Å². The first-order valence-electron chi connectivity index (χ1n) is 8.16. The second-order valence-electron chi connectivity index (χ2n) is 5.64. The number of pyridine rings is 1. The van der Waals surface area contributed by atoms with Crippen molar-refractivity contribution in [1.29, 1.82) is 0 Å². The number of benzene rings is 1. The highest BCUT2D eigenvalue weighted by atomic mass is 35.5. The lowest BCUT2D eigenvalue weighted by Gasteiger charge is -2.13. The van der Waals surface area contributed by atoms with Crippen LogP contribution in [0.2, 0.25) is 5.02 Å². The molecule has 146 valence electrons. The van der Waals surface area contributed by atoms with Crippen molar-refractivity contribution in [3.05, 3.63) is 59.2 Å². The number of anilines is 3. The third-order valence-corrected chi connectivity index (χ3v) is 3.92. The van der Waals surface area contributed by atoms with E-state index >= 15 is 0 Å². The van der Waals surface area contributed by atoms with E-state index in [9.17, 15) is 13.2 Å². The number of alkyl halides is 3. The van der Waals surface area contributed by atoms with Crippen LogP contribution < -0.4 is 10.6 Å². The Kier molecular flexibility index (Phi) is 5.96. The summed E-state index contributed by atoms with van der Waals surface area (Å²) < 4.78 is 39.2. The van der Waals surface area contributed by atoms with E-state index in [1.165, 1.54) is 12.1 Å². The predicted molar refractivity (Wildman–Crippen MR) is 101 cm³/mol. The Morgan fingerprint density at radius 1 is 1.04 bits per heavy atom. The van der Waals surface area contributed by atoms with Crippen LogP contribution in [0.1, 0.15) is 5.56 Å². The van der Waals surface area contributed by atoms with Crippen LogP contribution >= 0.6 is 11.6 Å². The van der Waals surface area contributed by atoms with Gasteiger partial charge in [0.05, 0.1) is 28.6 Å². The summed E-state index contributed by atoms with van der Waals surface area (Å²) in [5, 5.41) is 14.3. The highest BCUT2D eigenvalue weighted by molar-refractivity contribution is 6.31. The zero-order valence-corrected chi connectivity index (χ0v) is 15.1. The zero-order chi connectivity index (χ0) is 20.1. The van der Waals surface area contributed by atoms with E-state index in [0.29, 0.717) is 11.4 Å². The molecule has 2 heterocycles. The summed E-state index contributed by atoms with van der Waals surface area (Å²) in [4.78, 5) is 12.8. The minimum absolute atomic E-state index is 0.133. The summed E-state index contributed by atoms with van der Waals surface area (Å²) in [5.74, 6) is 0.455. The molecular formula is C18H15ClF3N5O. The Labute approximate surface area is 163 Å². The molecule has 2 aromatic heterocycles. The number of aliphatic hydroxyl groups is 1. The van der Waals surface area contributed by atoms with Crippen LogP contribution in [0, 0.1) is 0 Å². The van der Waals surface area contributed by atoms with Gasteiger partial charge in [-0.15, -0.1) is 0 Å². The number of aromatic nitrogens is 3. The fourth-order valence-electron chi connectivity index (χ4n) is 2.37. The average Bonchev–Trinajstić information content (AvgIpc) is 2.67. The monoisotopic (exact) mass is 409 g/mol. The smallest absolute Gasteiger partial charge is 0.395 e. The topological polar surface area (TPSA) is 83.0 Å². The number of rotatable bonds is 6. The molecular weight excluding hydrogens is 395 g/mol. The summed E-state index contributed by atoms with van der Waals surface area (Å²) >= 11 is 5.66. The van der Waals surface area contributed by atoms with Gasteiger partial charge in [-0.1, -0.05) is 17.7 Å². The standard InChI is InChI=1S/C18H15ClF3N5O/c19-13-5-4-11(9-12(13)18(20,21)22)25-16-10-15(14-3-1-2-6-23-14)26-17(27-16)24-7-8-28/h1-6,9-10,28H,7-8H2,(H2,24,25,26,27). The minimum Gasteiger partial charge on any atom is -0.395 e. The minimum atomic E-state index is -4.58. The Hall–Kier alpha value is -2.91. The molecule has 0 atom stereocenters. The summed E-state index contributed by atoms with van der Waals surface area (Å²) in [6.07, 6.45) is -2.98. The number of halogens is 4. The van der Waals surface area contributed by atoms with E-state index in [-0.39, 0.29) is 35.6 Å². The van der Waals surface area contributed by atoms with Gasteiger partial charge in [0.15, 0.2) is 0 Å². The molecule has 0 unspecified atom stereocenters. The van der Waals surface area contributed by atoms with E-state index in [1.807, 2.05) is 0 Å². The largest absolute Gasteiger partial charge is 0.417 e. The van der Waals surface area contributed by atoms with Crippen LogP contribution in [0.4, 0.5) is 30.6 Å². The fourth-order valence-corrected chi connectivity index (χ4v) is 2.60. The van der Waals surface area contributed by atoms with E-state index in [1.54, 1.807) is 30.5 Å². The lowest BCUT2D eigenvalue weighted by molar-refractivity contribution is -0.137. The van der Waals surface area contributed by atoms with Gasteiger partial charge in [0.1, 0.15) is 5.82 Å². The summed E-state index contributed by atoms with van der Waals surface area (Å²) in [5.41, 5.74) is 0.239. The molecule has 0 spiro atoms. The Morgan fingerprint density at radius 3 is 2.54 bits per heavy atom. The lowest BCUT2D eigenvalue weighted by Crippen LogP contribution is -2.10. The molecule has 3 aromatic rings. The van der Waals surface area contributed by atoms with Gasteiger partial charge in [0.25, 0.3) is 0 Å². The highest BCUT2D eigenvalue weighted by Crippen LogP contribution is 2.36. The molecule has 3 N–H and O–H groups in total. The summed E-state index contributed by atoms with van der Waals surface area (Å²) in [6, 6.07) is 10.3.